The van der Waals surface area contributed by atoms with E-state index in [4.69, 9.17) is 11.6 Å². The largest absolute Gasteiger partial charge is 0.273 e. The Morgan fingerprint density at radius 2 is 2.05 bits per heavy atom. The molecule has 19 heavy (non-hydrogen) atoms. The van der Waals surface area contributed by atoms with E-state index in [1.54, 1.807) is 24.3 Å². The van der Waals surface area contributed by atoms with Crippen LogP contribution in [0.5, 0.6) is 0 Å². The lowest BCUT2D eigenvalue weighted by molar-refractivity contribution is -0.124. The van der Waals surface area contributed by atoms with Crippen molar-refractivity contribution in [3.05, 3.63) is 34.9 Å². The third kappa shape index (κ3) is 4.04. The maximum absolute atomic E-state index is 11.7. The lowest BCUT2D eigenvalue weighted by Crippen LogP contribution is -2.27. The minimum absolute atomic E-state index is 0.0754. The molecule has 1 amide bonds. The number of carbonyl (C=O) groups is 1. The Morgan fingerprint density at radius 1 is 1.37 bits per heavy atom. The van der Waals surface area contributed by atoms with Crippen molar-refractivity contribution in [2.45, 2.75) is 6.42 Å². The molecule has 1 aromatic rings. The number of nitrogens with one attached hydrogen (secondary N) is 1. The van der Waals surface area contributed by atoms with E-state index >= 15 is 0 Å². The zero-order valence-electron chi connectivity index (χ0n) is 10.0. The third-order valence-corrected chi connectivity index (χ3v) is 4.88. The van der Waals surface area contributed by atoms with Gasteiger partial charge in [0.05, 0.1) is 23.6 Å². The van der Waals surface area contributed by atoms with Gasteiger partial charge in [-0.05, 0) is 24.1 Å². The van der Waals surface area contributed by atoms with Crippen LogP contribution in [0.3, 0.4) is 0 Å². The second-order valence-corrected chi connectivity index (χ2v) is 7.05. The number of sulfone groups is 1. The van der Waals surface area contributed by atoms with E-state index in [1.165, 1.54) is 6.21 Å². The Balaban J connectivity index is 1.89. The van der Waals surface area contributed by atoms with E-state index in [9.17, 15) is 13.2 Å². The summed E-state index contributed by atoms with van der Waals surface area (Å²) in [5.74, 6) is -0.861. The molecule has 0 aliphatic carbocycles. The van der Waals surface area contributed by atoms with Crippen molar-refractivity contribution >= 4 is 33.6 Å². The van der Waals surface area contributed by atoms with Gasteiger partial charge in [0.25, 0.3) is 0 Å². The third-order valence-electron chi connectivity index (χ3n) is 2.86. The van der Waals surface area contributed by atoms with Gasteiger partial charge in [-0.25, -0.2) is 13.8 Å². The molecule has 1 fully saturated rings. The number of benzene rings is 1. The smallest absolute Gasteiger partial charge is 0.244 e. The Hall–Kier alpha value is -1.40. The summed E-state index contributed by atoms with van der Waals surface area (Å²) in [4.78, 5) is 11.7. The van der Waals surface area contributed by atoms with Gasteiger partial charge in [-0.1, -0.05) is 23.7 Å². The monoisotopic (exact) mass is 300 g/mol. The van der Waals surface area contributed by atoms with Crippen molar-refractivity contribution in [1.82, 2.24) is 5.43 Å². The number of amides is 1. The van der Waals surface area contributed by atoms with Gasteiger partial charge >= 0.3 is 0 Å². The summed E-state index contributed by atoms with van der Waals surface area (Å²) in [5, 5.41) is 4.42. The molecule has 0 bridgehead atoms. The molecule has 1 N–H and O–H groups in total. The average molecular weight is 301 g/mol. The summed E-state index contributed by atoms with van der Waals surface area (Å²) in [6, 6.07) is 6.96. The normalized spacial score (nSPS) is 21.6. The fourth-order valence-corrected chi connectivity index (χ4v) is 3.68. The van der Waals surface area contributed by atoms with Gasteiger partial charge in [0.15, 0.2) is 9.84 Å². The van der Waals surface area contributed by atoms with Crippen molar-refractivity contribution in [1.29, 1.82) is 0 Å². The van der Waals surface area contributed by atoms with Gasteiger partial charge in [-0.15, -0.1) is 0 Å². The van der Waals surface area contributed by atoms with Crippen molar-refractivity contribution < 1.29 is 13.2 Å². The Morgan fingerprint density at radius 3 is 2.63 bits per heavy atom. The van der Waals surface area contributed by atoms with E-state index in [2.05, 4.69) is 10.5 Å². The first kappa shape index (κ1) is 14.0. The van der Waals surface area contributed by atoms with Crippen LogP contribution in [-0.2, 0) is 14.6 Å². The minimum Gasteiger partial charge on any atom is -0.273 e. The van der Waals surface area contributed by atoms with Gasteiger partial charge in [0.2, 0.25) is 5.91 Å². The highest BCUT2D eigenvalue weighted by atomic mass is 35.5. The molecule has 1 saturated heterocycles. The molecule has 0 unspecified atom stereocenters. The van der Waals surface area contributed by atoms with Crippen molar-refractivity contribution in [3.8, 4) is 0 Å². The van der Waals surface area contributed by atoms with E-state index < -0.39 is 15.8 Å². The highest BCUT2D eigenvalue weighted by molar-refractivity contribution is 7.91. The van der Waals surface area contributed by atoms with Crippen LogP contribution in [0, 0.1) is 5.92 Å². The van der Waals surface area contributed by atoms with E-state index in [1.807, 2.05) is 0 Å². The number of hydrogen-bond acceptors (Lipinski definition) is 4. The maximum atomic E-state index is 11.7. The van der Waals surface area contributed by atoms with Crippen LogP contribution in [0.4, 0.5) is 0 Å². The summed E-state index contributed by atoms with van der Waals surface area (Å²) in [7, 11) is -3.05. The molecule has 2 rings (SSSR count). The lowest BCUT2D eigenvalue weighted by atomic mass is 10.1. The number of hydrogen-bond donors (Lipinski definition) is 1. The number of halogens is 1. The van der Waals surface area contributed by atoms with Crippen LogP contribution in [0.15, 0.2) is 29.4 Å². The van der Waals surface area contributed by atoms with E-state index in [0.29, 0.717) is 11.4 Å². The number of rotatable bonds is 3. The minimum atomic E-state index is -3.05. The van der Waals surface area contributed by atoms with Crippen molar-refractivity contribution in [3.63, 3.8) is 0 Å². The van der Waals surface area contributed by atoms with Crippen LogP contribution >= 0.6 is 11.6 Å². The molecule has 0 spiro atoms. The first-order chi connectivity index (χ1) is 8.96. The van der Waals surface area contributed by atoms with E-state index in [0.717, 1.165) is 5.56 Å². The summed E-state index contributed by atoms with van der Waals surface area (Å²) in [6.45, 7) is 0. The predicted octanol–water partition coefficient (Wildman–Crippen LogP) is 1.22. The number of hydrazone groups is 1. The van der Waals surface area contributed by atoms with Crippen molar-refractivity contribution in [2.24, 2.45) is 11.0 Å². The average Bonchev–Trinajstić information content (AvgIpc) is 2.72. The Kier molecular flexibility index (Phi) is 4.21. The Labute approximate surface area is 116 Å². The molecule has 1 atom stereocenters. The van der Waals surface area contributed by atoms with Gasteiger partial charge in [0, 0.05) is 5.02 Å². The first-order valence-corrected chi connectivity index (χ1v) is 7.95. The van der Waals surface area contributed by atoms with Gasteiger partial charge < -0.3 is 0 Å². The molecule has 0 aromatic heterocycles. The molecule has 0 radical (unpaired) electrons. The topological polar surface area (TPSA) is 75.6 Å². The van der Waals surface area contributed by atoms with Crippen LogP contribution in [-0.4, -0.2) is 32.0 Å². The molecule has 1 aromatic carbocycles. The van der Waals surface area contributed by atoms with Crippen LogP contribution in [0.25, 0.3) is 0 Å². The second kappa shape index (κ2) is 5.71. The van der Waals surface area contributed by atoms with Gasteiger partial charge in [0.1, 0.15) is 0 Å². The second-order valence-electron chi connectivity index (χ2n) is 4.39. The molecule has 1 aliphatic heterocycles. The molecule has 0 saturated carbocycles. The van der Waals surface area contributed by atoms with Crippen molar-refractivity contribution in [2.75, 3.05) is 11.5 Å². The summed E-state index contributed by atoms with van der Waals surface area (Å²) < 4.78 is 22.5. The molecular weight excluding hydrogens is 288 g/mol. The molecule has 7 heteroatoms. The van der Waals surface area contributed by atoms with Gasteiger partial charge in [-0.3, -0.25) is 4.79 Å². The molecule has 5 nitrogen and oxygen atoms in total. The molecular formula is C12H13ClN2O3S. The quantitative estimate of drug-likeness (QED) is 0.674. The van der Waals surface area contributed by atoms with Gasteiger partial charge in [-0.2, -0.15) is 5.10 Å². The fraction of sp³-hybridized carbons (Fsp3) is 0.333. The maximum Gasteiger partial charge on any atom is 0.244 e. The standard InChI is InChI=1S/C12H13ClN2O3S/c13-11-3-1-9(2-4-11)7-14-15-12(16)10-5-6-19(17,18)8-10/h1-4,7,10H,5-6,8H2,(H,15,16)/b14-7-/t10-/m1/s1. The number of nitrogens with zero attached hydrogens (tertiary/aromatic N) is 1. The summed E-state index contributed by atoms with van der Waals surface area (Å²) in [5.41, 5.74) is 3.15. The highest BCUT2D eigenvalue weighted by Gasteiger charge is 2.32. The lowest BCUT2D eigenvalue weighted by Gasteiger charge is -2.04. The number of carbonyl (C=O) groups excluding carboxylic acids is 1. The highest BCUT2D eigenvalue weighted by Crippen LogP contribution is 2.18. The molecule has 1 heterocycles. The zero-order valence-corrected chi connectivity index (χ0v) is 11.6. The predicted molar refractivity (Wildman–Crippen MR) is 73.9 cm³/mol. The first-order valence-electron chi connectivity index (χ1n) is 5.75. The molecule has 102 valence electrons. The summed E-state index contributed by atoms with van der Waals surface area (Å²) in [6.07, 6.45) is 1.85. The Bertz CT molecular complexity index is 596. The van der Waals surface area contributed by atoms with Crippen LogP contribution < -0.4 is 5.43 Å². The fourth-order valence-electron chi connectivity index (χ4n) is 1.81. The summed E-state index contributed by atoms with van der Waals surface area (Å²) >= 11 is 5.74. The van der Waals surface area contributed by atoms with Crippen LogP contribution in [0.1, 0.15) is 12.0 Å². The van der Waals surface area contributed by atoms with E-state index in [-0.39, 0.29) is 17.4 Å². The zero-order chi connectivity index (χ0) is 13.9. The SMILES string of the molecule is O=C(N/N=C\c1ccc(Cl)cc1)[C@@H]1CCS(=O)(=O)C1. The molecule has 1 aliphatic rings. The van der Waals surface area contributed by atoms with Crippen LogP contribution in [0.2, 0.25) is 5.02 Å².